The Balaban J connectivity index is 1.56. The maximum absolute atomic E-state index is 13.4. The van der Waals surface area contributed by atoms with E-state index in [2.05, 4.69) is 4.98 Å². The van der Waals surface area contributed by atoms with Crippen molar-refractivity contribution in [2.45, 2.75) is 6.54 Å². The van der Waals surface area contributed by atoms with Gasteiger partial charge in [-0.1, -0.05) is 41.9 Å². The van der Waals surface area contributed by atoms with E-state index in [1.165, 1.54) is 6.26 Å². The molecule has 0 radical (unpaired) electrons. The van der Waals surface area contributed by atoms with Crippen molar-refractivity contribution in [3.05, 3.63) is 107 Å². The minimum atomic E-state index is -0.205. The van der Waals surface area contributed by atoms with Gasteiger partial charge in [-0.15, -0.1) is 0 Å². The van der Waals surface area contributed by atoms with Crippen LogP contribution in [0.1, 0.15) is 21.6 Å². The molecule has 158 valence electrons. The van der Waals surface area contributed by atoms with Gasteiger partial charge in [-0.05, 0) is 48.0 Å². The molecule has 2 aromatic heterocycles. The standard InChI is InChI=1S/C26H19ClN2O3/c1-31-20-11-12-24-21(13-20)22(15-29(24)14-17-7-9-19(27)10-8-17)25(30)23-16-32-26(28-23)18-5-3-2-4-6-18/h2-13,15-16H,14H2,1H3. The third kappa shape index (κ3) is 3.79. The van der Waals surface area contributed by atoms with Crippen molar-refractivity contribution >= 4 is 28.3 Å². The lowest BCUT2D eigenvalue weighted by molar-refractivity contribution is 0.103. The van der Waals surface area contributed by atoms with Crippen LogP contribution in [-0.2, 0) is 6.54 Å². The predicted octanol–water partition coefficient (Wildman–Crippen LogP) is 6.24. The van der Waals surface area contributed by atoms with Gasteiger partial charge in [0.05, 0.1) is 7.11 Å². The largest absolute Gasteiger partial charge is 0.497 e. The number of methoxy groups -OCH3 is 1. The average Bonchev–Trinajstić information content (AvgIpc) is 3.46. The Kier molecular flexibility index (Phi) is 5.25. The molecule has 0 amide bonds. The van der Waals surface area contributed by atoms with E-state index < -0.39 is 0 Å². The van der Waals surface area contributed by atoms with E-state index in [0.29, 0.717) is 28.8 Å². The second kappa shape index (κ2) is 8.36. The smallest absolute Gasteiger partial charge is 0.226 e. The Morgan fingerprint density at radius 3 is 2.59 bits per heavy atom. The number of aromatic nitrogens is 2. The minimum absolute atomic E-state index is 0.205. The van der Waals surface area contributed by atoms with Crippen molar-refractivity contribution in [2.75, 3.05) is 7.11 Å². The molecule has 5 aromatic rings. The van der Waals surface area contributed by atoms with Crippen molar-refractivity contribution in [1.82, 2.24) is 9.55 Å². The van der Waals surface area contributed by atoms with Gasteiger partial charge in [0, 0.05) is 39.8 Å². The molecule has 0 atom stereocenters. The number of carbonyl (C=O) groups excluding carboxylic acids is 1. The third-order valence-electron chi connectivity index (χ3n) is 5.36. The first kappa shape index (κ1) is 20.1. The molecule has 0 saturated heterocycles. The first-order valence-electron chi connectivity index (χ1n) is 10.1. The number of fused-ring (bicyclic) bond motifs is 1. The van der Waals surface area contributed by atoms with Crippen molar-refractivity contribution in [2.24, 2.45) is 0 Å². The molecule has 3 aromatic carbocycles. The van der Waals surface area contributed by atoms with Crippen LogP contribution in [0.3, 0.4) is 0 Å². The number of hydrogen-bond acceptors (Lipinski definition) is 4. The van der Waals surface area contributed by atoms with Gasteiger partial charge in [-0.25, -0.2) is 4.98 Å². The van der Waals surface area contributed by atoms with Crippen LogP contribution < -0.4 is 4.74 Å². The normalized spacial score (nSPS) is 11.1. The summed E-state index contributed by atoms with van der Waals surface area (Å²) in [6.07, 6.45) is 3.27. The van der Waals surface area contributed by atoms with Crippen LogP contribution >= 0.6 is 11.6 Å². The van der Waals surface area contributed by atoms with E-state index in [9.17, 15) is 4.79 Å². The average molecular weight is 443 g/mol. The van der Waals surface area contributed by atoms with Crippen molar-refractivity contribution < 1.29 is 13.9 Å². The van der Waals surface area contributed by atoms with Gasteiger partial charge >= 0.3 is 0 Å². The van der Waals surface area contributed by atoms with Crippen LogP contribution in [0, 0.1) is 0 Å². The van der Waals surface area contributed by atoms with Crippen LogP contribution in [0.5, 0.6) is 5.75 Å². The molecule has 32 heavy (non-hydrogen) atoms. The van der Waals surface area contributed by atoms with Crippen LogP contribution in [0.2, 0.25) is 5.02 Å². The summed E-state index contributed by atoms with van der Waals surface area (Å²) >= 11 is 6.02. The van der Waals surface area contributed by atoms with E-state index in [1.807, 2.05) is 83.6 Å². The van der Waals surface area contributed by atoms with Gasteiger partial charge in [0.25, 0.3) is 0 Å². The van der Waals surface area contributed by atoms with Gasteiger partial charge in [-0.3, -0.25) is 4.79 Å². The molecule has 0 saturated carbocycles. The molecule has 0 aliphatic carbocycles. The molecule has 0 bridgehead atoms. The summed E-state index contributed by atoms with van der Waals surface area (Å²) in [7, 11) is 1.61. The second-order valence-corrected chi connectivity index (χ2v) is 7.85. The second-order valence-electron chi connectivity index (χ2n) is 7.41. The predicted molar refractivity (Wildman–Crippen MR) is 124 cm³/mol. The summed E-state index contributed by atoms with van der Waals surface area (Å²) in [4.78, 5) is 17.9. The topological polar surface area (TPSA) is 57.3 Å². The summed E-state index contributed by atoms with van der Waals surface area (Å²) < 4.78 is 13.0. The zero-order chi connectivity index (χ0) is 22.1. The van der Waals surface area contributed by atoms with Crippen LogP contribution in [-0.4, -0.2) is 22.4 Å². The Labute approximate surface area is 189 Å². The molecule has 0 unspecified atom stereocenters. The highest BCUT2D eigenvalue weighted by molar-refractivity contribution is 6.30. The number of hydrogen-bond donors (Lipinski definition) is 0. The lowest BCUT2D eigenvalue weighted by Gasteiger charge is -2.06. The Bertz CT molecular complexity index is 1400. The highest BCUT2D eigenvalue weighted by Crippen LogP contribution is 2.29. The van der Waals surface area contributed by atoms with Gasteiger partial charge in [-0.2, -0.15) is 0 Å². The van der Waals surface area contributed by atoms with Crippen LogP contribution in [0.4, 0.5) is 0 Å². The number of rotatable bonds is 6. The Hall–Kier alpha value is -3.83. The quantitative estimate of drug-likeness (QED) is 0.292. The molecular formula is C26H19ClN2O3. The lowest BCUT2D eigenvalue weighted by atomic mass is 10.1. The Morgan fingerprint density at radius 1 is 1.06 bits per heavy atom. The zero-order valence-electron chi connectivity index (χ0n) is 17.3. The number of nitrogens with zero attached hydrogens (tertiary/aromatic N) is 2. The molecule has 0 aliphatic heterocycles. The monoisotopic (exact) mass is 442 g/mol. The fourth-order valence-electron chi connectivity index (χ4n) is 3.73. The minimum Gasteiger partial charge on any atom is -0.497 e. The first-order chi connectivity index (χ1) is 15.6. The molecular weight excluding hydrogens is 424 g/mol. The van der Waals surface area contributed by atoms with Crippen molar-refractivity contribution in [3.8, 4) is 17.2 Å². The summed E-state index contributed by atoms with van der Waals surface area (Å²) in [6.45, 7) is 0.599. The first-order valence-corrected chi connectivity index (χ1v) is 10.5. The molecule has 5 nitrogen and oxygen atoms in total. The van der Waals surface area contributed by atoms with E-state index in [0.717, 1.165) is 22.0 Å². The highest BCUT2D eigenvalue weighted by atomic mass is 35.5. The number of ketones is 1. The molecule has 0 spiro atoms. The van der Waals surface area contributed by atoms with Gasteiger partial charge < -0.3 is 13.7 Å². The van der Waals surface area contributed by atoms with Gasteiger partial charge in [0.2, 0.25) is 11.7 Å². The zero-order valence-corrected chi connectivity index (χ0v) is 18.0. The van der Waals surface area contributed by atoms with Crippen molar-refractivity contribution in [3.63, 3.8) is 0 Å². The molecule has 5 rings (SSSR count). The highest BCUT2D eigenvalue weighted by Gasteiger charge is 2.21. The third-order valence-corrected chi connectivity index (χ3v) is 5.61. The summed E-state index contributed by atoms with van der Waals surface area (Å²) in [6, 6.07) is 22.9. The number of ether oxygens (including phenoxy) is 1. The number of benzene rings is 3. The molecule has 0 N–H and O–H groups in total. The number of carbonyl (C=O) groups is 1. The van der Waals surface area contributed by atoms with E-state index in [1.54, 1.807) is 7.11 Å². The van der Waals surface area contributed by atoms with Crippen molar-refractivity contribution in [1.29, 1.82) is 0 Å². The summed E-state index contributed by atoms with van der Waals surface area (Å²) in [5.41, 5.74) is 3.63. The van der Waals surface area contributed by atoms with Gasteiger partial charge in [0.1, 0.15) is 12.0 Å². The number of oxazole rings is 1. The maximum Gasteiger partial charge on any atom is 0.226 e. The SMILES string of the molecule is COc1ccc2c(c1)c(C(=O)c1coc(-c3ccccc3)n1)cn2Cc1ccc(Cl)cc1. The maximum atomic E-state index is 13.4. The van der Waals surface area contributed by atoms with E-state index in [-0.39, 0.29) is 11.5 Å². The van der Waals surface area contributed by atoms with Gasteiger partial charge in [0.15, 0.2) is 5.69 Å². The molecule has 2 heterocycles. The summed E-state index contributed by atoms with van der Waals surface area (Å²) in [5.74, 6) is 0.890. The lowest BCUT2D eigenvalue weighted by Crippen LogP contribution is -2.02. The molecule has 6 heteroatoms. The Morgan fingerprint density at radius 2 is 1.84 bits per heavy atom. The van der Waals surface area contributed by atoms with Crippen LogP contribution in [0.15, 0.2) is 89.7 Å². The molecule has 0 aliphatic rings. The number of halogens is 1. The summed E-state index contributed by atoms with van der Waals surface area (Å²) in [5, 5.41) is 1.49. The van der Waals surface area contributed by atoms with E-state index >= 15 is 0 Å². The molecule has 0 fully saturated rings. The fraction of sp³-hybridized carbons (Fsp3) is 0.0769. The fourth-order valence-corrected chi connectivity index (χ4v) is 3.86. The van der Waals surface area contributed by atoms with E-state index in [4.69, 9.17) is 20.8 Å². The van der Waals surface area contributed by atoms with Crippen LogP contribution in [0.25, 0.3) is 22.4 Å².